The zero-order chi connectivity index (χ0) is 8.55. The summed E-state index contributed by atoms with van der Waals surface area (Å²) in [7, 11) is 0. The van der Waals surface area contributed by atoms with Gasteiger partial charge in [0.25, 0.3) is 0 Å². The highest BCUT2D eigenvalue weighted by Crippen LogP contribution is 2.36. The van der Waals surface area contributed by atoms with Gasteiger partial charge in [-0.25, -0.2) is 0 Å². The first-order valence-corrected chi connectivity index (χ1v) is 5.16. The molecule has 0 aliphatic carbocycles. The van der Waals surface area contributed by atoms with Crippen LogP contribution in [0.25, 0.3) is 0 Å². The highest BCUT2D eigenvalue weighted by molar-refractivity contribution is 6.21. The summed E-state index contributed by atoms with van der Waals surface area (Å²) < 4.78 is 11.3. The number of fused-ring (bicyclic) bond motifs is 2. The second-order valence-corrected chi connectivity index (χ2v) is 4.10. The molecule has 0 saturated carbocycles. The van der Waals surface area contributed by atoms with Gasteiger partial charge < -0.3 is 9.47 Å². The zero-order valence-corrected chi connectivity index (χ0v) is 8.09. The molecular formula is C9H15ClO2. The van der Waals surface area contributed by atoms with E-state index in [1.165, 1.54) is 0 Å². The Hall–Kier alpha value is 0.210. The van der Waals surface area contributed by atoms with Crippen LogP contribution in [0, 0.1) is 0 Å². The summed E-state index contributed by atoms with van der Waals surface area (Å²) in [6.07, 6.45) is 4.03. The molecule has 0 amide bonds. The van der Waals surface area contributed by atoms with Gasteiger partial charge >= 0.3 is 0 Å². The van der Waals surface area contributed by atoms with Crippen molar-refractivity contribution < 1.29 is 9.47 Å². The van der Waals surface area contributed by atoms with E-state index >= 15 is 0 Å². The third-order valence-electron chi connectivity index (χ3n) is 2.74. The summed E-state index contributed by atoms with van der Waals surface area (Å²) in [5.74, 6) is 0. The van der Waals surface area contributed by atoms with Gasteiger partial charge in [0.15, 0.2) is 0 Å². The molecule has 2 heterocycles. The molecule has 4 unspecified atom stereocenters. The lowest BCUT2D eigenvalue weighted by atomic mass is 10.1. The molecule has 0 radical (unpaired) electrons. The van der Waals surface area contributed by atoms with Crippen LogP contribution in [0.4, 0.5) is 0 Å². The minimum Gasteiger partial charge on any atom is -0.376 e. The molecular weight excluding hydrogens is 176 g/mol. The van der Waals surface area contributed by atoms with Gasteiger partial charge in [0.2, 0.25) is 0 Å². The summed E-state index contributed by atoms with van der Waals surface area (Å²) in [6.45, 7) is 2.81. The van der Waals surface area contributed by atoms with E-state index in [9.17, 15) is 0 Å². The van der Waals surface area contributed by atoms with Crippen molar-refractivity contribution in [2.45, 2.75) is 49.9 Å². The highest BCUT2D eigenvalue weighted by Gasteiger charge is 2.42. The van der Waals surface area contributed by atoms with Crippen LogP contribution in [0.1, 0.15) is 26.2 Å². The molecule has 0 aromatic carbocycles. The SMILES string of the molecule is CCOC1CC2OC1CCC2Cl. The van der Waals surface area contributed by atoms with Crippen molar-refractivity contribution in [2.24, 2.45) is 0 Å². The summed E-state index contributed by atoms with van der Waals surface area (Å²) in [5.41, 5.74) is 0. The maximum Gasteiger partial charge on any atom is 0.0861 e. The molecule has 0 spiro atoms. The molecule has 0 aromatic heterocycles. The highest BCUT2D eigenvalue weighted by atomic mass is 35.5. The number of hydrogen-bond acceptors (Lipinski definition) is 2. The molecule has 2 fully saturated rings. The Balaban J connectivity index is 1.96. The van der Waals surface area contributed by atoms with Gasteiger partial charge in [0.1, 0.15) is 0 Å². The average Bonchev–Trinajstić information content (AvgIpc) is 2.39. The normalized spacial score (nSPS) is 46.5. The van der Waals surface area contributed by atoms with Gasteiger partial charge in [-0.2, -0.15) is 0 Å². The van der Waals surface area contributed by atoms with Crippen LogP contribution in [-0.2, 0) is 9.47 Å². The Kier molecular flexibility index (Phi) is 2.58. The fourth-order valence-corrected chi connectivity index (χ4v) is 2.42. The lowest BCUT2D eigenvalue weighted by molar-refractivity contribution is -0.0404. The molecule has 2 aliphatic heterocycles. The van der Waals surface area contributed by atoms with Crippen LogP contribution in [0.3, 0.4) is 0 Å². The Morgan fingerprint density at radius 2 is 2.25 bits per heavy atom. The molecule has 2 bridgehead atoms. The molecule has 70 valence electrons. The second-order valence-electron chi connectivity index (χ2n) is 3.54. The number of rotatable bonds is 2. The number of ether oxygens (including phenoxy) is 2. The van der Waals surface area contributed by atoms with Crippen LogP contribution in [0.15, 0.2) is 0 Å². The molecule has 3 heteroatoms. The van der Waals surface area contributed by atoms with Crippen LogP contribution in [0.5, 0.6) is 0 Å². The predicted molar refractivity (Wildman–Crippen MR) is 47.6 cm³/mol. The second kappa shape index (κ2) is 3.52. The fourth-order valence-electron chi connectivity index (χ4n) is 2.13. The van der Waals surface area contributed by atoms with E-state index in [1.807, 2.05) is 6.92 Å². The van der Waals surface area contributed by atoms with Crippen molar-refractivity contribution in [3.8, 4) is 0 Å². The topological polar surface area (TPSA) is 18.5 Å². The number of halogens is 1. The van der Waals surface area contributed by atoms with Gasteiger partial charge in [-0.05, 0) is 19.8 Å². The lowest BCUT2D eigenvalue weighted by Crippen LogP contribution is -2.29. The van der Waals surface area contributed by atoms with Crippen LogP contribution < -0.4 is 0 Å². The van der Waals surface area contributed by atoms with Gasteiger partial charge in [0, 0.05) is 13.0 Å². The largest absolute Gasteiger partial charge is 0.376 e. The number of hydrogen-bond donors (Lipinski definition) is 0. The summed E-state index contributed by atoms with van der Waals surface area (Å²) in [6, 6.07) is 0. The van der Waals surface area contributed by atoms with Gasteiger partial charge in [0.05, 0.1) is 23.7 Å². The summed E-state index contributed by atoms with van der Waals surface area (Å²) in [4.78, 5) is 0. The third kappa shape index (κ3) is 1.48. The molecule has 2 rings (SSSR count). The molecule has 0 N–H and O–H groups in total. The quantitative estimate of drug-likeness (QED) is 0.620. The van der Waals surface area contributed by atoms with Gasteiger partial charge in [-0.3, -0.25) is 0 Å². The van der Waals surface area contributed by atoms with Crippen molar-refractivity contribution in [2.75, 3.05) is 6.61 Å². The smallest absolute Gasteiger partial charge is 0.0861 e. The first-order chi connectivity index (χ1) is 5.81. The van der Waals surface area contributed by atoms with Crippen molar-refractivity contribution >= 4 is 11.6 Å². The Labute approximate surface area is 78.2 Å². The van der Waals surface area contributed by atoms with Crippen molar-refractivity contribution in [3.63, 3.8) is 0 Å². The van der Waals surface area contributed by atoms with E-state index < -0.39 is 0 Å². The maximum absolute atomic E-state index is 6.09. The summed E-state index contributed by atoms with van der Waals surface area (Å²) in [5, 5.41) is 0.215. The molecule has 2 aliphatic rings. The van der Waals surface area contributed by atoms with E-state index in [4.69, 9.17) is 21.1 Å². The van der Waals surface area contributed by atoms with Crippen molar-refractivity contribution in [3.05, 3.63) is 0 Å². The monoisotopic (exact) mass is 190 g/mol. The van der Waals surface area contributed by atoms with Crippen molar-refractivity contribution in [1.29, 1.82) is 0 Å². The van der Waals surface area contributed by atoms with Gasteiger partial charge in [-0.1, -0.05) is 0 Å². The standard InChI is InChI=1S/C9H15ClO2/c1-2-11-9-5-8-6(10)3-4-7(9)12-8/h6-9H,2-5H2,1H3. The van der Waals surface area contributed by atoms with Crippen LogP contribution in [-0.4, -0.2) is 30.3 Å². The van der Waals surface area contributed by atoms with Crippen LogP contribution >= 0.6 is 11.6 Å². The molecule has 2 saturated heterocycles. The van der Waals surface area contributed by atoms with E-state index in [0.717, 1.165) is 25.9 Å². The minimum absolute atomic E-state index is 0.215. The molecule has 4 atom stereocenters. The first-order valence-electron chi connectivity index (χ1n) is 4.72. The van der Waals surface area contributed by atoms with E-state index in [-0.39, 0.29) is 11.5 Å². The lowest BCUT2D eigenvalue weighted by Gasteiger charge is -2.25. The molecule has 2 nitrogen and oxygen atoms in total. The Bertz CT molecular complexity index is 163. The van der Waals surface area contributed by atoms with Crippen LogP contribution in [0.2, 0.25) is 0 Å². The number of alkyl halides is 1. The van der Waals surface area contributed by atoms with Crippen molar-refractivity contribution in [1.82, 2.24) is 0 Å². The Morgan fingerprint density at radius 3 is 2.92 bits per heavy atom. The third-order valence-corrected chi connectivity index (χ3v) is 3.24. The molecule has 0 aromatic rings. The maximum atomic E-state index is 6.09. The average molecular weight is 191 g/mol. The first kappa shape index (κ1) is 8.79. The molecule has 12 heavy (non-hydrogen) atoms. The van der Waals surface area contributed by atoms with E-state index in [2.05, 4.69) is 0 Å². The van der Waals surface area contributed by atoms with Gasteiger partial charge in [-0.15, -0.1) is 11.6 Å². The van der Waals surface area contributed by atoms with E-state index in [1.54, 1.807) is 0 Å². The minimum atomic E-state index is 0.215. The van der Waals surface area contributed by atoms with E-state index in [0.29, 0.717) is 12.2 Å². The zero-order valence-electron chi connectivity index (χ0n) is 7.33. The predicted octanol–water partition coefficient (Wildman–Crippen LogP) is 1.95. The Morgan fingerprint density at radius 1 is 1.42 bits per heavy atom. The summed E-state index contributed by atoms with van der Waals surface area (Å²) >= 11 is 6.09. The fraction of sp³-hybridized carbons (Fsp3) is 1.00.